The summed E-state index contributed by atoms with van der Waals surface area (Å²) in [6.45, 7) is 1.64. The van der Waals surface area contributed by atoms with E-state index in [4.69, 9.17) is 5.11 Å². The molecule has 12 heavy (non-hydrogen) atoms. The lowest BCUT2D eigenvalue weighted by Crippen LogP contribution is -2.54. The van der Waals surface area contributed by atoms with Crippen LogP contribution in [0.2, 0.25) is 0 Å². The van der Waals surface area contributed by atoms with Crippen LogP contribution in [0.3, 0.4) is 0 Å². The van der Waals surface area contributed by atoms with Crippen LogP contribution < -0.4 is 0 Å². The topological polar surface area (TPSA) is 23.5 Å². The molecular formula is C8H15F2NO. The summed E-state index contributed by atoms with van der Waals surface area (Å²) in [5.74, 6) is -2.73. The molecule has 1 heterocycles. The number of piperidine rings is 1. The summed E-state index contributed by atoms with van der Waals surface area (Å²) in [5.41, 5.74) is -1.26. The molecule has 0 aromatic heterocycles. The van der Waals surface area contributed by atoms with Gasteiger partial charge in [-0.25, -0.2) is 8.78 Å². The van der Waals surface area contributed by atoms with E-state index in [1.54, 1.807) is 7.05 Å². The Balaban J connectivity index is 2.78. The Morgan fingerprint density at radius 3 is 2.50 bits per heavy atom. The summed E-state index contributed by atoms with van der Waals surface area (Å²) in [5, 5.41) is 8.90. The summed E-state index contributed by atoms with van der Waals surface area (Å²) < 4.78 is 26.5. The van der Waals surface area contributed by atoms with Crippen LogP contribution >= 0.6 is 0 Å². The molecule has 0 saturated carbocycles. The van der Waals surface area contributed by atoms with E-state index >= 15 is 0 Å². The lowest BCUT2D eigenvalue weighted by Gasteiger charge is -2.43. The number of rotatable bonds is 1. The molecule has 0 aliphatic carbocycles. The predicted molar refractivity (Wildman–Crippen MR) is 42.3 cm³/mol. The van der Waals surface area contributed by atoms with Crippen LogP contribution in [-0.2, 0) is 0 Å². The minimum absolute atomic E-state index is 0.152. The van der Waals surface area contributed by atoms with Crippen LogP contribution in [0, 0.1) is 5.41 Å². The molecule has 1 atom stereocenters. The van der Waals surface area contributed by atoms with E-state index < -0.39 is 17.9 Å². The van der Waals surface area contributed by atoms with E-state index in [9.17, 15) is 8.78 Å². The van der Waals surface area contributed by atoms with Gasteiger partial charge in [0, 0.05) is 19.5 Å². The van der Waals surface area contributed by atoms with E-state index in [1.807, 2.05) is 4.90 Å². The van der Waals surface area contributed by atoms with Crippen molar-refractivity contribution >= 4 is 0 Å². The second kappa shape index (κ2) is 2.92. The maximum atomic E-state index is 13.2. The molecule has 1 saturated heterocycles. The van der Waals surface area contributed by atoms with Gasteiger partial charge in [0.1, 0.15) is 0 Å². The molecule has 0 bridgehead atoms. The molecule has 1 aliphatic heterocycles. The van der Waals surface area contributed by atoms with Crippen LogP contribution in [0.1, 0.15) is 13.3 Å². The van der Waals surface area contributed by atoms with Gasteiger partial charge in [0.2, 0.25) is 0 Å². The van der Waals surface area contributed by atoms with E-state index in [2.05, 4.69) is 0 Å². The standard InChI is InChI=1S/C8H15F2NO/c1-7(6-12)5-11(2)4-3-8(7,9)10/h12H,3-6H2,1-2H3/t7-/m1/s1. The van der Waals surface area contributed by atoms with Gasteiger partial charge in [0.15, 0.2) is 0 Å². The van der Waals surface area contributed by atoms with Crippen LogP contribution in [0.25, 0.3) is 0 Å². The van der Waals surface area contributed by atoms with Crippen molar-refractivity contribution in [3.8, 4) is 0 Å². The van der Waals surface area contributed by atoms with Crippen molar-refractivity contribution in [2.45, 2.75) is 19.3 Å². The summed E-state index contributed by atoms with van der Waals surface area (Å²) in [6, 6.07) is 0. The monoisotopic (exact) mass is 179 g/mol. The largest absolute Gasteiger partial charge is 0.396 e. The third-order valence-electron chi connectivity index (χ3n) is 2.66. The zero-order valence-electron chi connectivity index (χ0n) is 7.48. The van der Waals surface area contributed by atoms with E-state index in [-0.39, 0.29) is 13.0 Å². The van der Waals surface area contributed by atoms with Crippen LogP contribution in [0.4, 0.5) is 8.78 Å². The second-order valence-corrected chi connectivity index (χ2v) is 3.91. The van der Waals surface area contributed by atoms with E-state index in [0.717, 1.165) is 0 Å². The molecule has 4 heteroatoms. The SMILES string of the molecule is CN1CCC(F)(F)[C@@](C)(CO)C1. The lowest BCUT2D eigenvalue weighted by molar-refractivity contribution is -0.171. The Labute approximate surface area is 71.2 Å². The number of nitrogens with zero attached hydrogens (tertiary/aromatic N) is 1. The predicted octanol–water partition coefficient (Wildman–Crippen LogP) is 0.956. The van der Waals surface area contributed by atoms with Crippen molar-refractivity contribution < 1.29 is 13.9 Å². The van der Waals surface area contributed by atoms with Crippen molar-refractivity contribution in [3.63, 3.8) is 0 Å². The van der Waals surface area contributed by atoms with Gasteiger partial charge in [-0.05, 0) is 7.05 Å². The average molecular weight is 179 g/mol. The minimum atomic E-state index is -2.73. The number of halogens is 2. The van der Waals surface area contributed by atoms with Gasteiger partial charge in [-0.3, -0.25) is 0 Å². The summed E-state index contributed by atoms with van der Waals surface area (Å²) in [7, 11) is 1.79. The molecule has 2 nitrogen and oxygen atoms in total. The number of aliphatic hydroxyl groups is 1. The fourth-order valence-electron chi connectivity index (χ4n) is 1.59. The Morgan fingerprint density at radius 2 is 2.08 bits per heavy atom. The molecule has 0 unspecified atom stereocenters. The number of aliphatic hydroxyl groups excluding tert-OH is 1. The highest BCUT2D eigenvalue weighted by Gasteiger charge is 2.52. The van der Waals surface area contributed by atoms with Gasteiger partial charge < -0.3 is 10.0 Å². The normalized spacial score (nSPS) is 36.8. The third-order valence-corrected chi connectivity index (χ3v) is 2.66. The molecule has 0 aromatic carbocycles. The van der Waals surface area contributed by atoms with Gasteiger partial charge in [-0.1, -0.05) is 6.92 Å². The third kappa shape index (κ3) is 1.45. The van der Waals surface area contributed by atoms with Crippen LogP contribution in [-0.4, -0.2) is 42.7 Å². The van der Waals surface area contributed by atoms with Crippen molar-refractivity contribution in [2.75, 3.05) is 26.7 Å². The molecule has 0 spiro atoms. The Morgan fingerprint density at radius 1 is 1.50 bits per heavy atom. The molecule has 1 N–H and O–H groups in total. The van der Waals surface area contributed by atoms with Crippen molar-refractivity contribution in [3.05, 3.63) is 0 Å². The second-order valence-electron chi connectivity index (χ2n) is 3.91. The lowest BCUT2D eigenvalue weighted by atomic mass is 9.79. The maximum absolute atomic E-state index is 13.2. The molecule has 1 fully saturated rings. The Kier molecular flexibility index (Phi) is 2.40. The van der Waals surface area contributed by atoms with Crippen molar-refractivity contribution in [1.29, 1.82) is 0 Å². The number of hydrogen-bond donors (Lipinski definition) is 1. The first-order chi connectivity index (χ1) is 5.41. The quantitative estimate of drug-likeness (QED) is 0.648. The Bertz CT molecular complexity index is 174. The highest BCUT2D eigenvalue weighted by atomic mass is 19.3. The number of alkyl halides is 2. The van der Waals surface area contributed by atoms with E-state index in [0.29, 0.717) is 6.54 Å². The van der Waals surface area contributed by atoms with Gasteiger partial charge >= 0.3 is 0 Å². The van der Waals surface area contributed by atoms with Crippen LogP contribution in [0.15, 0.2) is 0 Å². The summed E-state index contributed by atoms with van der Waals surface area (Å²) >= 11 is 0. The zero-order chi connectivity index (χ0) is 9.41. The number of hydrogen-bond acceptors (Lipinski definition) is 2. The first-order valence-electron chi connectivity index (χ1n) is 4.08. The molecule has 0 aromatic rings. The molecule has 72 valence electrons. The van der Waals surface area contributed by atoms with Gasteiger partial charge in [0.05, 0.1) is 12.0 Å². The summed E-state index contributed by atoms with van der Waals surface area (Å²) in [4.78, 5) is 1.83. The fraction of sp³-hybridized carbons (Fsp3) is 1.00. The highest BCUT2D eigenvalue weighted by molar-refractivity contribution is 4.94. The van der Waals surface area contributed by atoms with Crippen LogP contribution in [0.5, 0.6) is 0 Å². The molecule has 0 radical (unpaired) electrons. The van der Waals surface area contributed by atoms with Gasteiger partial charge in [-0.15, -0.1) is 0 Å². The minimum Gasteiger partial charge on any atom is -0.396 e. The maximum Gasteiger partial charge on any atom is 0.258 e. The summed E-state index contributed by atoms with van der Waals surface area (Å²) in [6.07, 6.45) is -0.152. The first kappa shape index (κ1) is 9.86. The molecule has 1 aliphatic rings. The van der Waals surface area contributed by atoms with Gasteiger partial charge in [-0.2, -0.15) is 0 Å². The molecule has 0 amide bonds. The Hall–Kier alpha value is -0.220. The van der Waals surface area contributed by atoms with E-state index in [1.165, 1.54) is 6.92 Å². The van der Waals surface area contributed by atoms with Gasteiger partial charge in [0.25, 0.3) is 5.92 Å². The fourth-order valence-corrected chi connectivity index (χ4v) is 1.59. The average Bonchev–Trinajstić information content (AvgIpc) is 1.98. The van der Waals surface area contributed by atoms with Crippen molar-refractivity contribution in [2.24, 2.45) is 5.41 Å². The molecular weight excluding hydrogens is 164 g/mol. The zero-order valence-corrected chi connectivity index (χ0v) is 7.48. The highest BCUT2D eigenvalue weighted by Crippen LogP contribution is 2.42. The molecule has 1 rings (SSSR count). The van der Waals surface area contributed by atoms with Crippen molar-refractivity contribution in [1.82, 2.24) is 4.90 Å². The first-order valence-corrected chi connectivity index (χ1v) is 4.08. The number of likely N-dealkylation sites (tertiary alicyclic amines) is 1. The smallest absolute Gasteiger partial charge is 0.258 e.